The Bertz CT molecular complexity index is 537. The number of nitrogens with zero attached hydrogens (tertiary/aromatic N) is 1. The Morgan fingerprint density at radius 1 is 1.21 bits per heavy atom. The number of rotatable bonds is 4. The van der Waals surface area contributed by atoms with Crippen LogP contribution in [0.25, 0.3) is 11.3 Å². The van der Waals surface area contributed by atoms with E-state index in [0.29, 0.717) is 41.5 Å². The van der Waals surface area contributed by atoms with Crippen LogP contribution in [-0.2, 0) is 6.18 Å². The van der Waals surface area contributed by atoms with E-state index in [1.165, 1.54) is 5.38 Å². The van der Waals surface area contributed by atoms with Gasteiger partial charge in [0.1, 0.15) is 12.4 Å². The van der Waals surface area contributed by atoms with Crippen LogP contribution in [0.4, 0.5) is 13.2 Å². The largest absolute Gasteiger partial charge is 0.492 e. The van der Waals surface area contributed by atoms with Crippen molar-refractivity contribution >= 4 is 11.3 Å². The average Bonchev–Trinajstić information content (AvgIpc) is 2.86. The van der Waals surface area contributed by atoms with E-state index in [-0.39, 0.29) is 0 Å². The van der Waals surface area contributed by atoms with Crippen LogP contribution in [0.2, 0.25) is 0 Å². The molecule has 0 saturated heterocycles. The lowest BCUT2D eigenvalue weighted by atomic mass is 10.2. The summed E-state index contributed by atoms with van der Waals surface area (Å²) >= 11 is 0.586. The minimum Gasteiger partial charge on any atom is -0.492 e. The second-order valence-electron chi connectivity index (χ2n) is 3.70. The predicted octanol–water partition coefficient (Wildman–Crippen LogP) is 3.17. The number of halogens is 3. The van der Waals surface area contributed by atoms with Gasteiger partial charge in [-0.2, -0.15) is 13.2 Å². The molecule has 0 fully saturated rings. The predicted molar refractivity (Wildman–Crippen MR) is 67.1 cm³/mol. The highest BCUT2D eigenvalue weighted by Gasteiger charge is 2.34. The molecule has 0 spiro atoms. The lowest BCUT2D eigenvalue weighted by molar-refractivity contribution is -0.137. The van der Waals surface area contributed by atoms with E-state index in [1.54, 1.807) is 24.3 Å². The number of alkyl halides is 3. The zero-order valence-corrected chi connectivity index (χ0v) is 10.6. The third kappa shape index (κ3) is 3.45. The van der Waals surface area contributed by atoms with Gasteiger partial charge in [-0.1, -0.05) is 0 Å². The molecule has 19 heavy (non-hydrogen) atoms. The highest BCUT2D eigenvalue weighted by Crippen LogP contribution is 2.34. The molecular formula is C12H11F3N2OS. The van der Waals surface area contributed by atoms with Crippen molar-refractivity contribution in [3.63, 3.8) is 0 Å². The molecule has 0 amide bonds. The first kappa shape index (κ1) is 13.8. The van der Waals surface area contributed by atoms with Crippen LogP contribution in [0.15, 0.2) is 29.6 Å². The molecule has 0 saturated carbocycles. The molecule has 7 heteroatoms. The summed E-state index contributed by atoms with van der Waals surface area (Å²) in [5.41, 5.74) is 6.23. The second kappa shape index (κ2) is 5.58. The lowest BCUT2D eigenvalue weighted by Crippen LogP contribution is -2.10. The van der Waals surface area contributed by atoms with Gasteiger partial charge in [0.05, 0.1) is 5.69 Å². The minimum atomic E-state index is -4.40. The van der Waals surface area contributed by atoms with E-state index < -0.39 is 11.2 Å². The average molecular weight is 288 g/mol. The first-order valence-corrected chi connectivity index (χ1v) is 6.34. The first-order chi connectivity index (χ1) is 9.00. The molecule has 0 aliphatic heterocycles. The number of nitrogens with two attached hydrogens (primary N) is 1. The molecular weight excluding hydrogens is 277 g/mol. The molecule has 0 atom stereocenters. The Balaban J connectivity index is 2.16. The van der Waals surface area contributed by atoms with Crippen LogP contribution in [-0.4, -0.2) is 18.1 Å². The van der Waals surface area contributed by atoms with Crippen molar-refractivity contribution in [2.75, 3.05) is 13.2 Å². The Hall–Kier alpha value is -1.60. The summed E-state index contributed by atoms with van der Waals surface area (Å²) in [5.74, 6) is 0.625. The van der Waals surface area contributed by atoms with E-state index in [1.807, 2.05) is 0 Å². The van der Waals surface area contributed by atoms with Crippen molar-refractivity contribution in [2.45, 2.75) is 6.18 Å². The highest BCUT2D eigenvalue weighted by molar-refractivity contribution is 7.10. The molecule has 0 unspecified atom stereocenters. The molecule has 1 aromatic heterocycles. The van der Waals surface area contributed by atoms with Crippen LogP contribution in [0.1, 0.15) is 5.01 Å². The normalized spacial score (nSPS) is 11.6. The Kier molecular flexibility index (Phi) is 4.06. The van der Waals surface area contributed by atoms with E-state index in [0.717, 1.165) is 0 Å². The number of hydrogen-bond acceptors (Lipinski definition) is 4. The summed E-state index contributed by atoms with van der Waals surface area (Å²) in [6.07, 6.45) is -4.40. The Morgan fingerprint density at radius 2 is 1.89 bits per heavy atom. The molecule has 2 aromatic rings. The molecule has 0 radical (unpaired) electrons. The summed E-state index contributed by atoms with van der Waals surface area (Å²) in [6, 6.07) is 6.69. The monoisotopic (exact) mass is 288 g/mol. The van der Waals surface area contributed by atoms with E-state index >= 15 is 0 Å². The molecule has 1 heterocycles. The van der Waals surface area contributed by atoms with E-state index in [2.05, 4.69) is 4.98 Å². The molecule has 2 rings (SSSR count). The fraction of sp³-hybridized carbons (Fsp3) is 0.250. The standard InChI is InChI=1S/C12H11F3N2OS/c13-12(14,15)11-17-10(7-19-11)8-1-3-9(4-2-8)18-6-5-16/h1-4,7H,5-6,16H2. The van der Waals surface area contributed by atoms with Gasteiger partial charge in [-0.25, -0.2) is 4.98 Å². The van der Waals surface area contributed by atoms with Gasteiger partial charge in [-0.3, -0.25) is 0 Å². The maximum atomic E-state index is 12.4. The van der Waals surface area contributed by atoms with Gasteiger partial charge in [0.15, 0.2) is 5.01 Å². The fourth-order valence-corrected chi connectivity index (χ4v) is 2.13. The number of ether oxygens (including phenoxy) is 1. The summed E-state index contributed by atoms with van der Waals surface area (Å²) in [7, 11) is 0. The molecule has 1 aromatic carbocycles. The third-order valence-corrected chi connectivity index (χ3v) is 3.17. The maximum Gasteiger partial charge on any atom is 0.443 e. The number of hydrogen-bond donors (Lipinski definition) is 1. The van der Waals surface area contributed by atoms with Crippen molar-refractivity contribution in [2.24, 2.45) is 5.73 Å². The zero-order chi connectivity index (χ0) is 13.9. The van der Waals surface area contributed by atoms with Gasteiger partial charge in [0.2, 0.25) is 0 Å². The van der Waals surface area contributed by atoms with Gasteiger partial charge in [-0.15, -0.1) is 11.3 Å². The fourth-order valence-electron chi connectivity index (χ4n) is 1.44. The summed E-state index contributed by atoms with van der Waals surface area (Å²) in [5, 5.41) is 0.546. The molecule has 0 aliphatic rings. The second-order valence-corrected chi connectivity index (χ2v) is 4.56. The lowest BCUT2D eigenvalue weighted by Gasteiger charge is -2.04. The maximum absolute atomic E-state index is 12.4. The van der Waals surface area contributed by atoms with Gasteiger partial charge in [-0.05, 0) is 24.3 Å². The van der Waals surface area contributed by atoms with Crippen molar-refractivity contribution < 1.29 is 17.9 Å². The van der Waals surface area contributed by atoms with Crippen molar-refractivity contribution in [1.82, 2.24) is 4.98 Å². The van der Waals surface area contributed by atoms with Crippen LogP contribution < -0.4 is 10.5 Å². The number of benzene rings is 1. The topological polar surface area (TPSA) is 48.1 Å². The molecule has 0 aliphatic carbocycles. The first-order valence-electron chi connectivity index (χ1n) is 5.47. The number of thiazole rings is 1. The van der Waals surface area contributed by atoms with Crippen LogP contribution >= 0.6 is 11.3 Å². The Labute approximate surface area is 111 Å². The van der Waals surface area contributed by atoms with Crippen molar-refractivity contribution in [3.8, 4) is 17.0 Å². The molecule has 3 nitrogen and oxygen atoms in total. The Morgan fingerprint density at radius 3 is 2.42 bits per heavy atom. The summed E-state index contributed by atoms with van der Waals surface area (Å²) in [4.78, 5) is 3.58. The molecule has 102 valence electrons. The van der Waals surface area contributed by atoms with Crippen LogP contribution in [0, 0.1) is 0 Å². The van der Waals surface area contributed by atoms with Crippen molar-refractivity contribution in [1.29, 1.82) is 0 Å². The SMILES string of the molecule is NCCOc1ccc(-c2csc(C(F)(F)F)n2)cc1. The minimum absolute atomic E-state index is 0.308. The smallest absolute Gasteiger partial charge is 0.443 e. The molecule has 0 bridgehead atoms. The van der Waals surface area contributed by atoms with Crippen LogP contribution in [0.3, 0.4) is 0 Å². The quantitative estimate of drug-likeness (QED) is 0.940. The van der Waals surface area contributed by atoms with Gasteiger partial charge < -0.3 is 10.5 Å². The van der Waals surface area contributed by atoms with Gasteiger partial charge >= 0.3 is 6.18 Å². The summed E-state index contributed by atoms with van der Waals surface area (Å²) in [6.45, 7) is 0.803. The van der Waals surface area contributed by atoms with Gasteiger partial charge in [0.25, 0.3) is 0 Å². The third-order valence-electron chi connectivity index (χ3n) is 2.28. The van der Waals surface area contributed by atoms with E-state index in [4.69, 9.17) is 10.5 Å². The van der Waals surface area contributed by atoms with Crippen molar-refractivity contribution in [3.05, 3.63) is 34.7 Å². The van der Waals surface area contributed by atoms with Crippen LogP contribution in [0.5, 0.6) is 5.75 Å². The van der Waals surface area contributed by atoms with Gasteiger partial charge in [0, 0.05) is 17.5 Å². The molecule has 2 N–H and O–H groups in total. The van der Waals surface area contributed by atoms with E-state index in [9.17, 15) is 13.2 Å². The summed E-state index contributed by atoms with van der Waals surface area (Å²) < 4.78 is 42.6. The highest BCUT2D eigenvalue weighted by atomic mass is 32.1. The number of aromatic nitrogens is 1. The zero-order valence-electron chi connectivity index (χ0n) is 9.78.